The van der Waals surface area contributed by atoms with Gasteiger partial charge in [0.2, 0.25) is 0 Å². The summed E-state index contributed by atoms with van der Waals surface area (Å²) >= 11 is 0. The van der Waals surface area contributed by atoms with E-state index in [1.54, 1.807) is 12.1 Å². The Morgan fingerprint density at radius 3 is 1.73 bits per heavy atom. The average molecular weight is 404 g/mol. The van der Waals surface area contributed by atoms with E-state index in [0.717, 1.165) is 22.3 Å². The summed E-state index contributed by atoms with van der Waals surface area (Å²) in [6.07, 6.45) is 0. The van der Waals surface area contributed by atoms with Crippen LogP contribution in [0.1, 0.15) is 11.1 Å². The van der Waals surface area contributed by atoms with Crippen LogP contribution in [0.2, 0.25) is 0 Å². The van der Waals surface area contributed by atoms with Crippen LogP contribution < -0.4 is 20.3 Å². The highest BCUT2D eigenvalue weighted by Gasteiger charge is 2.07. The molecule has 3 aromatic rings. The summed E-state index contributed by atoms with van der Waals surface area (Å²) in [5, 5.41) is 0. The molecule has 2 amide bonds. The van der Waals surface area contributed by atoms with Gasteiger partial charge < -0.3 is 9.47 Å². The van der Waals surface area contributed by atoms with Gasteiger partial charge in [-0.15, -0.1) is 0 Å². The van der Waals surface area contributed by atoms with Gasteiger partial charge in [0.15, 0.2) is 13.2 Å². The zero-order valence-electron chi connectivity index (χ0n) is 17.0. The van der Waals surface area contributed by atoms with Crippen molar-refractivity contribution in [2.45, 2.75) is 13.8 Å². The molecule has 0 aliphatic carbocycles. The van der Waals surface area contributed by atoms with E-state index in [1.165, 1.54) is 0 Å². The first-order chi connectivity index (χ1) is 14.5. The Morgan fingerprint density at radius 1 is 0.667 bits per heavy atom. The molecular weight excluding hydrogens is 380 g/mol. The average Bonchev–Trinajstić information content (AvgIpc) is 2.75. The van der Waals surface area contributed by atoms with Crippen LogP contribution in [-0.4, -0.2) is 25.0 Å². The molecule has 30 heavy (non-hydrogen) atoms. The van der Waals surface area contributed by atoms with Crippen LogP contribution in [0, 0.1) is 13.8 Å². The highest BCUT2D eigenvalue weighted by molar-refractivity contribution is 5.83. The number of rotatable bonds is 7. The van der Waals surface area contributed by atoms with Crippen LogP contribution in [0.3, 0.4) is 0 Å². The number of carbonyl (C=O) groups is 2. The molecular formula is C24H24N2O4. The minimum absolute atomic E-state index is 0.203. The largest absolute Gasteiger partial charge is 0.484 e. The second-order valence-electron chi connectivity index (χ2n) is 6.89. The lowest BCUT2D eigenvalue weighted by Crippen LogP contribution is -2.45. The molecule has 6 nitrogen and oxygen atoms in total. The number of hydrogen-bond acceptors (Lipinski definition) is 4. The minimum atomic E-state index is -0.470. The Hall–Kier alpha value is -3.80. The summed E-state index contributed by atoms with van der Waals surface area (Å²) in [7, 11) is 0. The number of carbonyl (C=O) groups excluding carboxylic acids is 2. The Bertz CT molecular complexity index is 981. The number of hydrazine groups is 1. The second kappa shape index (κ2) is 10.1. The second-order valence-corrected chi connectivity index (χ2v) is 6.89. The monoisotopic (exact) mass is 404 g/mol. The highest BCUT2D eigenvalue weighted by Crippen LogP contribution is 2.22. The van der Waals surface area contributed by atoms with E-state index in [4.69, 9.17) is 9.47 Å². The smallest absolute Gasteiger partial charge is 0.276 e. The summed E-state index contributed by atoms with van der Waals surface area (Å²) < 4.78 is 10.9. The molecule has 3 aromatic carbocycles. The van der Waals surface area contributed by atoms with Crippen molar-refractivity contribution in [2.24, 2.45) is 0 Å². The lowest BCUT2D eigenvalue weighted by atomic mass is 10.1. The van der Waals surface area contributed by atoms with E-state index < -0.39 is 11.8 Å². The summed E-state index contributed by atoms with van der Waals surface area (Å²) in [5.74, 6) is 0.238. The van der Waals surface area contributed by atoms with Crippen LogP contribution in [0.15, 0.2) is 72.8 Å². The number of amides is 2. The van der Waals surface area contributed by atoms with Crippen molar-refractivity contribution in [2.75, 3.05) is 13.2 Å². The number of aryl methyl sites for hydroxylation is 2. The van der Waals surface area contributed by atoms with Gasteiger partial charge in [0, 0.05) is 0 Å². The van der Waals surface area contributed by atoms with Crippen molar-refractivity contribution < 1.29 is 19.1 Å². The molecule has 0 radical (unpaired) electrons. The van der Waals surface area contributed by atoms with E-state index in [-0.39, 0.29) is 13.2 Å². The van der Waals surface area contributed by atoms with Crippen LogP contribution in [-0.2, 0) is 9.59 Å². The van der Waals surface area contributed by atoms with Gasteiger partial charge in [0.05, 0.1) is 0 Å². The first kappa shape index (κ1) is 20.9. The van der Waals surface area contributed by atoms with Crippen molar-refractivity contribution in [3.8, 4) is 22.6 Å². The molecule has 0 bridgehead atoms. The molecule has 0 aromatic heterocycles. The zero-order chi connectivity index (χ0) is 21.3. The molecule has 0 atom stereocenters. The predicted octanol–water partition coefficient (Wildman–Crippen LogP) is 3.58. The lowest BCUT2D eigenvalue weighted by molar-refractivity contribution is -0.131. The van der Waals surface area contributed by atoms with Gasteiger partial charge in [-0.2, -0.15) is 0 Å². The van der Waals surface area contributed by atoms with Gasteiger partial charge in [-0.1, -0.05) is 48.5 Å². The Morgan fingerprint density at radius 2 is 1.17 bits per heavy atom. The molecule has 0 unspecified atom stereocenters. The van der Waals surface area contributed by atoms with Crippen molar-refractivity contribution in [3.63, 3.8) is 0 Å². The number of nitrogens with one attached hydrogen (secondary N) is 2. The van der Waals surface area contributed by atoms with Gasteiger partial charge in [0.25, 0.3) is 11.8 Å². The van der Waals surface area contributed by atoms with Crippen molar-refractivity contribution >= 4 is 11.8 Å². The molecule has 0 aliphatic rings. The number of hydrogen-bond donors (Lipinski definition) is 2. The van der Waals surface area contributed by atoms with E-state index in [0.29, 0.717) is 11.5 Å². The van der Waals surface area contributed by atoms with E-state index in [1.807, 2.05) is 74.5 Å². The molecule has 2 N–H and O–H groups in total. The molecule has 3 rings (SSSR count). The lowest BCUT2D eigenvalue weighted by Gasteiger charge is -2.11. The maximum absolute atomic E-state index is 11.9. The van der Waals surface area contributed by atoms with Gasteiger partial charge in [-0.25, -0.2) is 0 Å². The normalized spacial score (nSPS) is 10.2. The first-order valence-electron chi connectivity index (χ1n) is 9.57. The van der Waals surface area contributed by atoms with Crippen LogP contribution in [0.5, 0.6) is 11.5 Å². The molecule has 154 valence electrons. The quantitative estimate of drug-likeness (QED) is 0.590. The third kappa shape index (κ3) is 6.38. The van der Waals surface area contributed by atoms with Crippen LogP contribution in [0.25, 0.3) is 11.1 Å². The Balaban J connectivity index is 1.38. The molecule has 0 aliphatic heterocycles. The van der Waals surface area contributed by atoms with E-state index in [9.17, 15) is 9.59 Å². The molecule has 0 spiro atoms. The minimum Gasteiger partial charge on any atom is -0.484 e. The van der Waals surface area contributed by atoms with Gasteiger partial charge in [-0.05, 0) is 60.4 Å². The fraction of sp³-hybridized carbons (Fsp3) is 0.167. The molecule has 6 heteroatoms. The zero-order valence-corrected chi connectivity index (χ0v) is 17.0. The number of ether oxygens (including phenoxy) is 2. The standard InChI is InChI=1S/C24H24N2O4/c1-17-12-18(2)14-22(13-17)30-16-24(28)26-25-23(27)15-29-21-10-8-20(9-11-21)19-6-4-3-5-7-19/h3-14H,15-16H2,1-2H3,(H,25,27)(H,26,28). The number of benzene rings is 3. The van der Waals surface area contributed by atoms with Crippen molar-refractivity contribution in [3.05, 3.63) is 83.9 Å². The Labute approximate surface area is 175 Å². The van der Waals surface area contributed by atoms with E-state index in [2.05, 4.69) is 10.9 Å². The predicted molar refractivity (Wildman–Crippen MR) is 115 cm³/mol. The van der Waals surface area contributed by atoms with Crippen LogP contribution in [0.4, 0.5) is 0 Å². The molecule has 0 saturated carbocycles. The van der Waals surface area contributed by atoms with Gasteiger partial charge in [-0.3, -0.25) is 20.4 Å². The van der Waals surface area contributed by atoms with E-state index >= 15 is 0 Å². The van der Waals surface area contributed by atoms with Gasteiger partial charge in [0.1, 0.15) is 11.5 Å². The summed E-state index contributed by atoms with van der Waals surface area (Å²) in [6, 6.07) is 23.1. The fourth-order valence-corrected chi connectivity index (χ4v) is 2.90. The van der Waals surface area contributed by atoms with Crippen LogP contribution >= 0.6 is 0 Å². The maximum Gasteiger partial charge on any atom is 0.276 e. The summed E-state index contributed by atoms with van der Waals surface area (Å²) in [4.78, 5) is 23.7. The maximum atomic E-state index is 11.9. The van der Waals surface area contributed by atoms with Crippen molar-refractivity contribution in [1.29, 1.82) is 0 Å². The fourth-order valence-electron chi connectivity index (χ4n) is 2.90. The molecule has 0 fully saturated rings. The topological polar surface area (TPSA) is 76.7 Å². The third-order valence-electron chi connectivity index (χ3n) is 4.24. The summed E-state index contributed by atoms with van der Waals surface area (Å²) in [6.45, 7) is 3.48. The van der Waals surface area contributed by atoms with Crippen molar-refractivity contribution in [1.82, 2.24) is 10.9 Å². The third-order valence-corrected chi connectivity index (χ3v) is 4.24. The Kier molecular flexibility index (Phi) is 7.05. The molecule has 0 heterocycles. The highest BCUT2D eigenvalue weighted by atomic mass is 16.5. The summed E-state index contributed by atoms with van der Waals surface area (Å²) in [5.41, 5.74) is 8.87. The SMILES string of the molecule is Cc1cc(C)cc(OCC(=O)NNC(=O)COc2ccc(-c3ccccc3)cc2)c1. The van der Waals surface area contributed by atoms with Gasteiger partial charge >= 0.3 is 0 Å². The molecule has 0 saturated heterocycles. The first-order valence-corrected chi connectivity index (χ1v) is 9.57.